The molecule has 0 saturated heterocycles. The lowest BCUT2D eigenvalue weighted by Gasteiger charge is -2.12. The van der Waals surface area contributed by atoms with Crippen LogP contribution in [0.4, 0.5) is 0 Å². The topological polar surface area (TPSA) is 20.2 Å². The Morgan fingerprint density at radius 1 is 0.818 bits per heavy atom. The second kappa shape index (κ2) is 12.6. The van der Waals surface area contributed by atoms with Crippen molar-refractivity contribution < 1.29 is 5.11 Å². The molecule has 0 aromatic heterocycles. The smallest absolute Gasteiger partial charge is 0.118 e. The van der Waals surface area contributed by atoms with E-state index in [4.69, 9.17) is 0 Å². The second-order valence-corrected chi connectivity index (χ2v) is 6.91. The fourth-order valence-corrected chi connectivity index (χ4v) is 3.14. The summed E-state index contributed by atoms with van der Waals surface area (Å²) in [7, 11) is 0. The molecule has 1 unspecified atom stereocenters. The van der Waals surface area contributed by atoms with Crippen molar-refractivity contribution in [1.82, 2.24) is 0 Å². The third-order valence-electron chi connectivity index (χ3n) is 4.61. The Kier molecular flexibility index (Phi) is 10.9. The lowest BCUT2D eigenvalue weighted by Crippen LogP contribution is -2.00. The van der Waals surface area contributed by atoms with Crippen LogP contribution < -0.4 is 0 Å². The van der Waals surface area contributed by atoms with Gasteiger partial charge in [-0.05, 0) is 24.0 Å². The van der Waals surface area contributed by atoms with E-state index < -0.39 is 0 Å². The SMILES string of the molecule is CCCCCCCCCCCCC(C)Cc1ccccc1O. The van der Waals surface area contributed by atoms with E-state index in [1.165, 1.54) is 70.6 Å². The summed E-state index contributed by atoms with van der Waals surface area (Å²) in [5.41, 5.74) is 1.10. The van der Waals surface area contributed by atoms with Gasteiger partial charge in [0.25, 0.3) is 0 Å². The zero-order valence-electron chi connectivity index (χ0n) is 14.8. The van der Waals surface area contributed by atoms with E-state index in [0.29, 0.717) is 11.7 Å². The molecule has 0 heterocycles. The Bertz CT molecular complexity index is 372. The van der Waals surface area contributed by atoms with Gasteiger partial charge in [0.1, 0.15) is 5.75 Å². The average Bonchev–Trinajstić information content (AvgIpc) is 2.51. The van der Waals surface area contributed by atoms with Gasteiger partial charge in [0.2, 0.25) is 0 Å². The van der Waals surface area contributed by atoms with Crippen molar-refractivity contribution in [2.45, 2.75) is 90.9 Å². The van der Waals surface area contributed by atoms with Gasteiger partial charge in [0.05, 0.1) is 0 Å². The predicted molar refractivity (Wildman–Crippen MR) is 97.4 cm³/mol. The monoisotopic (exact) mass is 304 g/mol. The molecule has 0 spiro atoms. The zero-order chi connectivity index (χ0) is 16.0. The number of aromatic hydroxyl groups is 1. The van der Waals surface area contributed by atoms with Crippen LogP contribution in [0.1, 0.15) is 90.0 Å². The van der Waals surface area contributed by atoms with Crippen LogP contribution in [-0.4, -0.2) is 5.11 Å². The van der Waals surface area contributed by atoms with E-state index in [2.05, 4.69) is 13.8 Å². The summed E-state index contributed by atoms with van der Waals surface area (Å²) in [4.78, 5) is 0. The fourth-order valence-electron chi connectivity index (χ4n) is 3.14. The molecule has 1 nitrogen and oxygen atoms in total. The minimum atomic E-state index is 0.456. The number of unbranched alkanes of at least 4 members (excludes halogenated alkanes) is 9. The van der Waals surface area contributed by atoms with E-state index in [1.807, 2.05) is 18.2 Å². The highest BCUT2D eigenvalue weighted by atomic mass is 16.3. The summed E-state index contributed by atoms with van der Waals surface area (Å²) in [6.07, 6.45) is 16.3. The van der Waals surface area contributed by atoms with Gasteiger partial charge in [-0.15, -0.1) is 0 Å². The fraction of sp³-hybridized carbons (Fsp3) is 0.714. The number of benzene rings is 1. The minimum Gasteiger partial charge on any atom is -0.508 e. The van der Waals surface area contributed by atoms with Crippen LogP contribution in [-0.2, 0) is 6.42 Å². The summed E-state index contributed by atoms with van der Waals surface area (Å²) in [6, 6.07) is 7.75. The van der Waals surface area contributed by atoms with Crippen LogP contribution in [0.2, 0.25) is 0 Å². The molecule has 126 valence electrons. The van der Waals surface area contributed by atoms with Crippen LogP contribution in [0.3, 0.4) is 0 Å². The van der Waals surface area contributed by atoms with Crippen molar-refractivity contribution in [3.63, 3.8) is 0 Å². The molecule has 1 heteroatoms. The molecule has 0 aliphatic carbocycles. The Morgan fingerprint density at radius 2 is 1.36 bits per heavy atom. The highest BCUT2D eigenvalue weighted by Gasteiger charge is 2.06. The molecule has 0 radical (unpaired) electrons. The maximum Gasteiger partial charge on any atom is 0.118 e. The molecule has 1 atom stereocenters. The third kappa shape index (κ3) is 9.12. The number of rotatable bonds is 13. The van der Waals surface area contributed by atoms with Crippen LogP contribution >= 0.6 is 0 Å². The van der Waals surface area contributed by atoms with Crippen molar-refractivity contribution in [3.05, 3.63) is 29.8 Å². The quantitative estimate of drug-likeness (QED) is 0.394. The van der Waals surface area contributed by atoms with Crippen molar-refractivity contribution >= 4 is 0 Å². The van der Waals surface area contributed by atoms with Gasteiger partial charge >= 0.3 is 0 Å². The molecular weight excluding hydrogens is 268 g/mol. The van der Waals surface area contributed by atoms with Crippen LogP contribution in [0.25, 0.3) is 0 Å². The van der Waals surface area contributed by atoms with E-state index >= 15 is 0 Å². The Labute approximate surface area is 138 Å². The van der Waals surface area contributed by atoms with Crippen molar-refractivity contribution in [2.75, 3.05) is 0 Å². The average molecular weight is 305 g/mol. The maximum atomic E-state index is 9.81. The summed E-state index contributed by atoms with van der Waals surface area (Å²) >= 11 is 0. The first-order chi connectivity index (χ1) is 10.7. The summed E-state index contributed by atoms with van der Waals surface area (Å²) in [5.74, 6) is 1.12. The van der Waals surface area contributed by atoms with Gasteiger partial charge in [-0.25, -0.2) is 0 Å². The molecule has 1 aromatic rings. The van der Waals surface area contributed by atoms with Crippen molar-refractivity contribution in [3.8, 4) is 5.75 Å². The van der Waals surface area contributed by atoms with Crippen molar-refractivity contribution in [2.24, 2.45) is 5.92 Å². The third-order valence-corrected chi connectivity index (χ3v) is 4.61. The minimum absolute atomic E-state index is 0.456. The molecule has 0 aliphatic heterocycles. The van der Waals surface area contributed by atoms with Gasteiger partial charge < -0.3 is 5.11 Å². The first-order valence-corrected chi connectivity index (χ1v) is 9.51. The maximum absolute atomic E-state index is 9.81. The molecule has 0 saturated carbocycles. The Hall–Kier alpha value is -0.980. The number of hydrogen-bond donors (Lipinski definition) is 1. The first-order valence-electron chi connectivity index (χ1n) is 9.51. The number of para-hydroxylation sites is 1. The standard InChI is InChI=1S/C21H36O/c1-3-4-5-6-7-8-9-10-11-12-15-19(2)18-20-16-13-14-17-21(20)22/h13-14,16-17,19,22H,3-12,15,18H2,1-2H3. The van der Waals surface area contributed by atoms with E-state index in [9.17, 15) is 5.11 Å². The molecule has 0 bridgehead atoms. The van der Waals surface area contributed by atoms with Crippen LogP contribution in [0.5, 0.6) is 5.75 Å². The van der Waals surface area contributed by atoms with Crippen LogP contribution in [0.15, 0.2) is 24.3 Å². The van der Waals surface area contributed by atoms with Gasteiger partial charge in [0.15, 0.2) is 0 Å². The summed E-state index contributed by atoms with van der Waals surface area (Å²) in [5, 5.41) is 9.81. The highest BCUT2D eigenvalue weighted by Crippen LogP contribution is 2.22. The lowest BCUT2D eigenvalue weighted by molar-refractivity contribution is 0.444. The van der Waals surface area contributed by atoms with Gasteiger partial charge in [-0.2, -0.15) is 0 Å². The van der Waals surface area contributed by atoms with E-state index in [-0.39, 0.29) is 0 Å². The normalized spacial score (nSPS) is 12.5. The largest absolute Gasteiger partial charge is 0.508 e. The highest BCUT2D eigenvalue weighted by molar-refractivity contribution is 5.31. The summed E-state index contributed by atoms with van der Waals surface area (Å²) < 4.78 is 0. The number of phenols is 1. The molecule has 0 fully saturated rings. The Morgan fingerprint density at radius 3 is 1.95 bits per heavy atom. The first kappa shape index (κ1) is 19.1. The number of phenolic OH excluding ortho intramolecular Hbond substituents is 1. The van der Waals surface area contributed by atoms with Gasteiger partial charge in [-0.3, -0.25) is 0 Å². The van der Waals surface area contributed by atoms with Gasteiger partial charge in [0, 0.05) is 0 Å². The molecule has 0 amide bonds. The van der Waals surface area contributed by atoms with Crippen LogP contribution in [0, 0.1) is 5.92 Å². The molecule has 1 N–H and O–H groups in total. The zero-order valence-corrected chi connectivity index (χ0v) is 14.8. The molecular formula is C21H36O. The van der Waals surface area contributed by atoms with E-state index in [1.54, 1.807) is 6.07 Å². The predicted octanol–water partition coefficient (Wildman–Crippen LogP) is 6.88. The van der Waals surface area contributed by atoms with E-state index in [0.717, 1.165) is 12.0 Å². The summed E-state index contributed by atoms with van der Waals surface area (Å²) in [6.45, 7) is 4.58. The molecule has 1 aromatic carbocycles. The van der Waals surface area contributed by atoms with Gasteiger partial charge in [-0.1, -0.05) is 103 Å². The molecule has 0 aliphatic rings. The lowest BCUT2D eigenvalue weighted by atomic mass is 9.94. The Balaban J connectivity index is 1.95. The second-order valence-electron chi connectivity index (χ2n) is 6.91. The molecule has 1 rings (SSSR count). The van der Waals surface area contributed by atoms with Crippen molar-refractivity contribution in [1.29, 1.82) is 0 Å². The molecule has 22 heavy (non-hydrogen) atoms. The number of hydrogen-bond acceptors (Lipinski definition) is 1.